The lowest BCUT2D eigenvalue weighted by Crippen LogP contribution is -2.39. The van der Waals surface area contributed by atoms with Gasteiger partial charge in [-0.25, -0.2) is 0 Å². The Bertz CT molecular complexity index is 315. The second kappa shape index (κ2) is 5.15. The van der Waals surface area contributed by atoms with Crippen molar-refractivity contribution >= 4 is 5.97 Å². The van der Waals surface area contributed by atoms with Crippen molar-refractivity contribution in [1.29, 1.82) is 0 Å². The van der Waals surface area contributed by atoms with Crippen LogP contribution in [0.3, 0.4) is 0 Å². The first-order chi connectivity index (χ1) is 8.43. The molecule has 0 radical (unpaired) electrons. The number of hydrogen-bond acceptors (Lipinski definition) is 5. The molecule has 0 aromatic carbocycles. The van der Waals surface area contributed by atoms with E-state index < -0.39 is 0 Å². The predicted molar refractivity (Wildman–Crippen MR) is 64.3 cm³/mol. The smallest absolute Gasteiger partial charge is 0.303 e. The number of fused-ring (bicyclic) bond motifs is 1. The molecule has 104 valence electrons. The van der Waals surface area contributed by atoms with Gasteiger partial charge in [0.25, 0.3) is 0 Å². The summed E-state index contributed by atoms with van der Waals surface area (Å²) in [6.07, 6.45) is 0.233. The fraction of sp³-hybridized carbons (Fsp3) is 0.923. The van der Waals surface area contributed by atoms with Crippen LogP contribution >= 0.6 is 0 Å². The lowest BCUT2D eigenvalue weighted by atomic mass is 10.0. The van der Waals surface area contributed by atoms with Gasteiger partial charge in [0.05, 0.1) is 18.8 Å². The first-order valence-corrected chi connectivity index (χ1v) is 6.51. The van der Waals surface area contributed by atoms with Gasteiger partial charge in [-0.3, -0.25) is 4.79 Å². The molecule has 0 N–H and O–H groups in total. The first kappa shape index (κ1) is 13.8. The minimum absolute atomic E-state index is 0.0782. The largest absolute Gasteiger partial charge is 0.457 e. The Morgan fingerprint density at radius 1 is 1.22 bits per heavy atom. The van der Waals surface area contributed by atoms with Gasteiger partial charge in [-0.05, 0) is 20.3 Å². The van der Waals surface area contributed by atoms with Crippen LogP contribution in [0.15, 0.2) is 0 Å². The highest BCUT2D eigenvalue weighted by atomic mass is 16.7. The van der Waals surface area contributed by atoms with Crippen LogP contribution in [-0.4, -0.2) is 49.2 Å². The van der Waals surface area contributed by atoms with Crippen molar-refractivity contribution in [1.82, 2.24) is 0 Å². The lowest BCUT2D eigenvalue weighted by molar-refractivity contribution is -0.151. The van der Waals surface area contributed by atoms with E-state index >= 15 is 0 Å². The Balaban J connectivity index is 1.94. The van der Waals surface area contributed by atoms with Crippen LogP contribution < -0.4 is 0 Å². The molecule has 2 aliphatic rings. The summed E-state index contributed by atoms with van der Waals surface area (Å²) >= 11 is 0. The van der Waals surface area contributed by atoms with Crippen molar-refractivity contribution in [3.8, 4) is 0 Å². The Labute approximate surface area is 108 Å². The van der Waals surface area contributed by atoms with Crippen LogP contribution in [0.4, 0.5) is 0 Å². The second-order valence-electron chi connectivity index (χ2n) is 5.51. The van der Waals surface area contributed by atoms with E-state index in [1.165, 1.54) is 6.92 Å². The fourth-order valence-corrected chi connectivity index (χ4v) is 2.34. The highest BCUT2D eigenvalue weighted by molar-refractivity contribution is 5.66. The van der Waals surface area contributed by atoms with Crippen LogP contribution in [0.25, 0.3) is 0 Å². The SMILES string of the molecule is CCC(C)(C)OC1COC2C(OC(C)=O)COC12. The number of esters is 1. The molecule has 4 atom stereocenters. The average molecular weight is 258 g/mol. The Hall–Kier alpha value is -0.650. The third-order valence-corrected chi connectivity index (χ3v) is 3.60. The minimum atomic E-state index is -0.300. The van der Waals surface area contributed by atoms with Gasteiger partial charge in [0.1, 0.15) is 18.3 Å². The molecule has 2 rings (SSSR count). The summed E-state index contributed by atoms with van der Waals surface area (Å²) in [5.74, 6) is -0.300. The minimum Gasteiger partial charge on any atom is -0.457 e. The molecule has 18 heavy (non-hydrogen) atoms. The molecule has 0 aromatic rings. The summed E-state index contributed by atoms with van der Waals surface area (Å²) in [4.78, 5) is 11.0. The average Bonchev–Trinajstić information content (AvgIpc) is 2.83. The van der Waals surface area contributed by atoms with Gasteiger partial charge < -0.3 is 18.9 Å². The van der Waals surface area contributed by atoms with E-state index in [1.54, 1.807) is 0 Å². The normalized spacial score (nSPS) is 35.6. The van der Waals surface area contributed by atoms with Crippen molar-refractivity contribution in [2.45, 2.75) is 64.1 Å². The zero-order chi connectivity index (χ0) is 13.3. The van der Waals surface area contributed by atoms with Crippen molar-refractivity contribution in [3.05, 3.63) is 0 Å². The van der Waals surface area contributed by atoms with Crippen molar-refractivity contribution in [3.63, 3.8) is 0 Å². The zero-order valence-electron chi connectivity index (χ0n) is 11.5. The zero-order valence-corrected chi connectivity index (χ0v) is 11.5. The number of rotatable bonds is 4. The third kappa shape index (κ3) is 2.84. The lowest BCUT2D eigenvalue weighted by Gasteiger charge is -2.29. The highest BCUT2D eigenvalue weighted by Gasteiger charge is 2.50. The van der Waals surface area contributed by atoms with Crippen LogP contribution in [0, 0.1) is 0 Å². The highest BCUT2D eigenvalue weighted by Crippen LogP contribution is 2.33. The molecule has 2 fully saturated rings. The molecule has 2 aliphatic heterocycles. The summed E-state index contributed by atoms with van der Waals surface area (Å²) in [7, 11) is 0. The van der Waals surface area contributed by atoms with Crippen molar-refractivity contribution in [2.75, 3.05) is 13.2 Å². The quantitative estimate of drug-likeness (QED) is 0.711. The van der Waals surface area contributed by atoms with Gasteiger partial charge in [0, 0.05) is 6.92 Å². The van der Waals surface area contributed by atoms with Crippen molar-refractivity contribution < 1.29 is 23.7 Å². The molecular weight excluding hydrogens is 236 g/mol. The second-order valence-corrected chi connectivity index (χ2v) is 5.51. The molecular formula is C13H22O5. The molecule has 2 saturated heterocycles. The van der Waals surface area contributed by atoms with Crippen LogP contribution in [0.1, 0.15) is 34.1 Å². The summed E-state index contributed by atoms with van der Waals surface area (Å²) in [6.45, 7) is 8.48. The maximum atomic E-state index is 11.0. The number of carbonyl (C=O) groups is 1. The maximum Gasteiger partial charge on any atom is 0.303 e. The predicted octanol–water partition coefficient (Wildman–Crippen LogP) is 1.29. The van der Waals surface area contributed by atoms with Gasteiger partial charge in [0.15, 0.2) is 6.10 Å². The molecule has 4 unspecified atom stereocenters. The Kier molecular flexibility index (Phi) is 3.94. The van der Waals surface area contributed by atoms with Gasteiger partial charge in [-0.1, -0.05) is 6.92 Å². The Morgan fingerprint density at radius 2 is 1.78 bits per heavy atom. The van der Waals surface area contributed by atoms with Crippen LogP contribution in [0.2, 0.25) is 0 Å². The van der Waals surface area contributed by atoms with Gasteiger partial charge in [-0.15, -0.1) is 0 Å². The fourth-order valence-electron chi connectivity index (χ4n) is 2.34. The third-order valence-electron chi connectivity index (χ3n) is 3.60. The first-order valence-electron chi connectivity index (χ1n) is 6.51. The summed E-state index contributed by atoms with van der Waals surface area (Å²) in [5.41, 5.74) is -0.189. The molecule has 0 aromatic heterocycles. The molecule has 0 aliphatic carbocycles. The number of ether oxygens (including phenoxy) is 4. The van der Waals surface area contributed by atoms with Gasteiger partial charge in [-0.2, -0.15) is 0 Å². The molecule has 5 heteroatoms. The van der Waals surface area contributed by atoms with Gasteiger partial charge in [0.2, 0.25) is 0 Å². The maximum absolute atomic E-state index is 11.0. The summed E-state index contributed by atoms with van der Waals surface area (Å²) in [6, 6.07) is 0. The molecule has 0 bridgehead atoms. The summed E-state index contributed by atoms with van der Waals surface area (Å²) in [5, 5.41) is 0. The van der Waals surface area contributed by atoms with E-state index in [1.807, 2.05) is 0 Å². The van der Waals surface area contributed by atoms with E-state index in [-0.39, 0.29) is 36.0 Å². The molecule has 0 amide bonds. The van der Waals surface area contributed by atoms with Crippen LogP contribution in [-0.2, 0) is 23.7 Å². The molecule has 0 spiro atoms. The molecule has 5 nitrogen and oxygen atoms in total. The number of carbonyl (C=O) groups excluding carboxylic acids is 1. The van der Waals surface area contributed by atoms with Crippen LogP contribution in [0.5, 0.6) is 0 Å². The standard InChI is InChI=1S/C13H22O5/c1-5-13(3,4)18-10-7-16-11-9(17-8(2)14)6-15-12(10)11/h9-12H,5-7H2,1-4H3. The van der Waals surface area contributed by atoms with E-state index in [0.717, 1.165) is 6.42 Å². The van der Waals surface area contributed by atoms with E-state index in [4.69, 9.17) is 18.9 Å². The van der Waals surface area contributed by atoms with E-state index in [0.29, 0.717) is 13.2 Å². The Morgan fingerprint density at radius 3 is 2.33 bits per heavy atom. The van der Waals surface area contributed by atoms with E-state index in [2.05, 4.69) is 20.8 Å². The number of hydrogen-bond donors (Lipinski definition) is 0. The topological polar surface area (TPSA) is 54.0 Å². The monoisotopic (exact) mass is 258 g/mol. The molecule has 2 heterocycles. The van der Waals surface area contributed by atoms with E-state index in [9.17, 15) is 4.79 Å². The van der Waals surface area contributed by atoms with Gasteiger partial charge >= 0.3 is 5.97 Å². The summed E-state index contributed by atoms with van der Waals surface area (Å²) < 4.78 is 22.5. The molecule has 0 saturated carbocycles. The van der Waals surface area contributed by atoms with Crippen molar-refractivity contribution in [2.24, 2.45) is 0 Å².